The van der Waals surface area contributed by atoms with Crippen LogP contribution in [-0.2, 0) is 6.54 Å². The van der Waals surface area contributed by atoms with Gasteiger partial charge in [-0.2, -0.15) is 5.10 Å². The van der Waals surface area contributed by atoms with E-state index in [4.69, 9.17) is 16.6 Å². The largest absolute Gasteiger partial charge is 0.396 e. The van der Waals surface area contributed by atoms with Crippen molar-refractivity contribution in [1.29, 1.82) is 0 Å². The van der Waals surface area contributed by atoms with Crippen LogP contribution in [0.1, 0.15) is 13.3 Å². The molecule has 74 valence electrons. The molecule has 5 N–H and O–H groups in total. The standard InChI is InChI=1S/C8H16N4O/c1-2-6(5-13)4-12-8(10)7(9)3-11-12/h3,6,13H,2,4-5,9-10H2,1H3. The summed E-state index contributed by atoms with van der Waals surface area (Å²) in [6.07, 6.45) is 2.43. The molecule has 0 saturated heterocycles. The molecule has 1 unspecified atom stereocenters. The number of aliphatic hydroxyl groups excluding tert-OH is 1. The molecule has 1 aromatic rings. The molecule has 0 amide bonds. The van der Waals surface area contributed by atoms with Gasteiger partial charge in [-0.05, 0) is 6.42 Å². The van der Waals surface area contributed by atoms with E-state index >= 15 is 0 Å². The number of nitrogens with two attached hydrogens (primary N) is 2. The van der Waals surface area contributed by atoms with Crippen LogP contribution in [-0.4, -0.2) is 21.5 Å². The summed E-state index contributed by atoms with van der Waals surface area (Å²) in [6.45, 7) is 2.79. The van der Waals surface area contributed by atoms with Crippen LogP contribution in [0.5, 0.6) is 0 Å². The predicted molar refractivity (Wildman–Crippen MR) is 51.9 cm³/mol. The maximum absolute atomic E-state index is 8.97. The fraction of sp³-hybridized carbons (Fsp3) is 0.625. The van der Waals surface area contributed by atoms with Gasteiger partial charge in [0.1, 0.15) is 5.82 Å². The van der Waals surface area contributed by atoms with E-state index in [2.05, 4.69) is 5.10 Å². The fourth-order valence-corrected chi connectivity index (χ4v) is 1.12. The van der Waals surface area contributed by atoms with E-state index in [0.29, 0.717) is 18.1 Å². The highest BCUT2D eigenvalue weighted by Crippen LogP contribution is 2.15. The highest BCUT2D eigenvalue weighted by atomic mass is 16.3. The summed E-state index contributed by atoms with van der Waals surface area (Å²) in [6, 6.07) is 0. The number of hydrogen-bond donors (Lipinski definition) is 3. The van der Waals surface area contributed by atoms with Crippen LogP contribution in [0, 0.1) is 5.92 Å². The zero-order chi connectivity index (χ0) is 9.84. The first-order valence-electron chi connectivity index (χ1n) is 4.36. The van der Waals surface area contributed by atoms with E-state index in [1.807, 2.05) is 6.92 Å². The summed E-state index contributed by atoms with van der Waals surface area (Å²) >= 11 is 0. The Morgan fingerprint density at radius 1 is 1.62 bits per heavy atom. The average Bonchev–Trinajstić information content (AvgIpc) is 2.45. The van der Waals surface area contributed by atoms with Crippen molar-refractivity contribution in [2.24, 2.45) is 5.92 Å². The maximum Gasteiger partial charge on any atom is 0.145 e. The quantitative estimate of drug-likeness (QED) is 0.617. The van der Waals surface area contributed by atoms with Gasteiger partial charge < -0.3 is 16.6 Å². The molecule has 1 aromatic heterocycles. The second kappa shape index (κ2) is 4.13. The number of aliphatic hydroxyl groups is 1. The smallest absolute Gasteiger partial charge is 0.145 e. The number of rotatable bonds is 4. The van der Waals surface area contributed by atoms with E-state index < -0.39 is 0 Å². The van der Waals surface area contributed by atoms with Gasteiger partial charge >= 0.3 is 0 Å². The highest BCUT2D eigenvalue weighted by Gasteiger charge is 2.09. The van der Waals surface area contributed by atoms with Crippen LogP contribution >= 0.6 is 0 Å². The molecule has 0 fully saturated rings. The Morgan fingerprint density at radius 2 is 2.31 bits per heavy atom. The molecule has 0 radical (unpaired) electrons. The Kier molecular flexibility index (Phi) is 3.13. The monoisotopic (exact) mass is 184 g/mol. The van der Waals surface area contributed by atoms with Gasteiger partial charge in [-0.15, -0.1) is 0 Å². The molecule has 0 aliphatic heterocycles. The Labute approximate surface area is 77.3 Å². The maximum atomic E-state index is 8.97. The van der Waals surface area contributed by atoms with Gasteiger partial charge in [-0.1, -0.05) is 6.92 Å². The predicted octanol–water partition coefficient (Wildman–Crippen LogP) is 0.0660. The van der Waals surface area contributed by atoms with Crippen molar-refractivity contribution in [2.45, 2.75) is 19.9 Å². The number of nitrogens with zero attached hydrogens (tertiary/aromatic N) is 2. The second-order valence-corrected chi connectivity index (χ2v) is 3.12. The average molecular weight is 184 g/mol. The lowest BCUT2D eigenvalue weighted by atomic mass is 10.1. The van der Waals surface area contributed by atoms with Crippen LogP contribution in [0.2, 0.25) is 0 Å². The molecule has 0 aliphatic rings. The Hall–Kier alpha value is -1.23. The molecule has 0 aromatic carbocycles. The van der Waals surface area contributed by atoms with Crippen molar-refractivity contribution in [3.63, 3.8) is 0 Å². The normalized spacial score (nSPS) is 13.1. The molecule has 0 saturated carbocycles. The first kappa shape index (κ1) is 9.85. The van der Waals surface area contributed by atoms with Crippen LogP contribution in [0.3, 0.4) is 0 Å². The van der Waals surface area contributed by atoms with Gasteiger partial charge in [0, 0.05) is 19.1 Å². The Morgan fingerprint density at radius 3 is 2.69 bits per heavy atom. The number of anilines is 2. The first-order chi connectivity index (χ1) is 6.19. The summed E-state index contributed by atoms with van der Waals surface area (Å²) in [5.41, 5.74) is 11.7. The fourth-order valence-electron chi connectivity index (χ4n) is 1.12. The highest BCUT2D eigenvalue weighted by molar-refractivity contribution is 5.56. The lowest BCUT2D eigenvalue weighted by Crippen LogP contribution is -2.16. The first-order valence-corrected chi connectivity index (χ1v) is 4.36. The minimum Gasteiger partial charge on any atom is -0.396 e. The second-order valence-electron chi connectivity index (χ2n) is 3.12. The molecule has 5 nitrogen and oxygen atoms in total. The van der Waals surface area contributed by atoms with Gasteiger partial charge in [0.25, 0.3) is 0 Å². The molecule has 0 spiro atoms. The molecule has 13 heavy (non-hydrogen) atoms. The summed E-state index contributed by atoms with van der Waals surface area (Å²) in [5, 5.41) is 13.0. The molecule has 1 heterocycles. The number of hydrogen-bond acceptors (Lipinski definition) is 4. The SMILES string of the molecule is CCC(CO)Cn1ncc(N)c1N. The molecule has 5 heteroatoms. The van der Waals surface area contributed by atoms with Crippen molar-refractivity contribution in [3.8, 4) is 0 Å². The third kappa shape index (κ3) is 2.12. The lowest BCUT2D eigenvalue weighted by molar-refractivity contribution is 0.203. The van der Waals surface area contributed by atoms with Gasteiger partial charge in [0.2, 0.25) is 0 Å². The van der Waals surface area contributed by atoms with Gasteiger partial charge in [0.05, 0.1) is 11.9 Å². The lowest BCUT2D eigenvalue weighted by Gasteiger charge is -2.12. The van der Waals surface area contributed by atoms with Gasteiger partial charge in [-0.3, -0.25) is 0 Å². The van der Waals surface area contributed by atoms with Crippen LogP contribution in [0.15, 0.2) is 6.20 Å². The number of nitrogen functional groups attached to an aromatic ring is 2. The van der Waals surface area contributed by atoms with E-state index in [-0.39, 0.29) is 12.5 Å². The van der Waals surface area contributed by atoms with Crippen molar-refractivity contribution < 1.29 is 5.11 Å². The molecular formula is C8H16N4O. The van der Waals surface area contributed by atoms with Crippen LogP contribution in [0.25, 0.3) is 0 Å². The van der Waals surface area contributed by atoms with Gasteiger partial charge in [0.15, 0.2) is 0 Å². The minimum absolute atomic E-state index is 0.149. The number of aromatic nitrogens is 2. The van der Waals surface area contributed by atoms with Crippen molar-refractivity contribution >= 4 is 11.5 Å². The third-order valence-corrected chi connectivity index (χ3v) is 2.18. The summed E-state index contributed by atoms with van der Waals surface area (Å²) in [4.78, 5) is 0. The zero-order valence-corrected chi connectivity index (χ0v) is 7.77. The molecule has 1 rings (SSSR count). The summed E-state index contributed by atoms with van der Waals surface area (Å²) in [5.74, 6) is 0.675. The Bertz CT molecular complexity index is 267. The van der Waals surface area contributed by atoms with E-state index in [0.717, 1.165) is 6.42 Å². The van der Waals surface area contributed by atoms with Crippen molar-refractivity contribution in [1.82, 2.24) is 9.78 Å². The topological polar surface area (TPSA) is 90.1 Å². The molecule has 0 aliphatic carbocycles. The summed E-state index contributed by atoms with van der Waals surface area (Å²) in [7, 11) is 0. The van der Waals surface area contributed by atoms with E-state index in [1.54, 1.807) is 4.68 Å². The molecule has 1 atom stereocenters. The third-order valence-electron chi connectivity index (χ3n) is 2.18. The van der Waals surface area contributed by atoms with E-state index in [1.165, 1.54) is 6.20 Å². The molecule has 0 bridgehead atoms. The van der Waals surface area contributed by atoms with Crippen LogP contribution < -0.4 is 11.5 Å². The van der Waals surface area contributed by atoms with Crippen LogP contribution in [0.4, 0.5) is 11.5 Å². The van der Waals surface area contributed by atoms with E-state index in [9.17, 15) is 0 Å². The summed E-state index contributed by atoms with van der Waals surface area (Å²) < 4.78 is 1.62. The minimum atomic E-state index is 0.149. The Balaban J connectivity index is 2.67. The van der Waals surface area contributed by atoms with Crippen molar-refractivity contribution in [3.05, 3.63) is 6.20 Å². The zero-order valence-electron chi connectivity index (χ0n) is 7.77. The van der Waals surface area contributed by atoms with Crippen molar-refractivity contribution in [2.75, 3.05) is 18.1 Å². The van der Waals surface area contributed by atoms with Gasteiger partial charge in [-0.25, -0.2) is 4.68 Å². The molecular weight excluding hydrogens is 168 g/mol.